The maximum absolute atomic E-state index is 11.3. The van der Waals surface area contributed by atoms with Crippen molar-refractivity contribution in [3.63, 3.8) is 0 Å². The van der Waals surface area contributed by atoms with Crippen LogP contribution in [0.2, 0.25) is 0 Å². The largest absolute Gasteiger partial charge is 0.480 e. The molecule has 0 bridgehead atoms. The molecule has 9 nitrogen and oxygen atoms in total. The summed E-state index contributed by atoms with van der Waals surface area (Å²) in [5.41, 5.74) is 0.760. The molecule has 0 aromatic carbocycles. The molecule has 2 aliphatic heterocycles. The molecule has 1 saturated heterocycles. The minimum Gasteiger partial charge on any atom is -0.480 e. The van der Waals surface area contributed by atoms with E-state index in [2.05, 4.69) is 20.9 Å². The smallest absolute Gasteiger partial charge is 0.404 e. The molecule has 124 valence electrons. The molecule has 0 radical (unpaired) electrons. The molecule has 1 fully saturated rings. The van der Waals surface area contributed by atoms with E-state index in [-0.39, 0.29) is 24.5 Å². The molecule has 2 amide bonds. The normalized spacial score (nSPS) is 22.9. The first-order chi connectivity index (χ1) is 11.1. The molecule has 2 unspecified atom stereocenters. The molecule has 1 aromatic rings. The molecular formula is C14H18N4O5. The highest BCUT2D eigenvalue weighted by molar-refractivity contribution is 5.94. The van der Waals surface area contributed by atoms with Gasteiger partial charge >= 0.3 is 6.09 Å². The Labute approximate surface area is 132 Å². The van der Waals surface area contributed by atoms with Gasteiger partial charge in [-0.05, 0) is 12.1 Å². The van der Waals surface area contributed by atoms with Gasteiger partial charge < -0.3 is 30.5 Å². The SMILES string of the molecule is O=C(O)NC1COCC1CNCc1ccc2c(n1)NC(=O)CO2. The number of amides is 2. The van der Waals surface area contributed by atoms with Gasteiger partial charge in [-0.15, -0.1) is 0 Å². The molecule has 0 aliphatic carbocycles. The van der Waals surface area contributed by atoms with E-state index >= 15 is 0 Å². The van der Waals surface area contributed by atoms with Crippen LogP contribution in [0.4, 0.5) is 10.6 Å². The Kier molecular flexibility index (Phi) is 4.58. The van der Waals surface area contributed by atoms with E-state index in [1.54, 1.807) is 6.07 Å². The van der Waals surface area contributed by atoms with Crippen LogP contribution in [0.15, 0.2) is 12.1 Å². The highest BCUT2D eigenvalue weighted by Gasteiger charge is 2.29. The van der Waals surface area contributed by atoms with Gasteiger partial charge in [-0.2, -0.15) is 0 Å². The van der Waals surface area contributed by atoms with Crippen LogP contribution < -0.4 is 20.7 Å². The third-order valence-electron chi connectivity index (χ3n) is 3.75. The fourth-order valence-electron chi connectivity index (χ4n) is 2.61. The summed E-state index contributed by atoms with van der Waals surface area (Å²) in [6, 6.07) is 3.39. The van der Waals surface area contributed by atoms with Crippen molar-refractivity contribution >= 4 is 17.8 Å². The number of aromatic nitrogens is 1. The fraction of sp³-hybridized carbons (Fsp3) is 0.500. The third-order valence-corrected chi connectivity index (χ3v) is 3.75. The number of fused-ring (bicyclic) bond motifs is 1. The second-order valence-corrected chi connectivity index (χ2v) is 5.47. The Hall–Kier alpha value is -2.39. The zero-order chi connectivity index (χ0) is 16.2. The van der Waals surface area contributed by atoms with Crippen molar-refractivity contribution < 1.29 is 24.2 Å². The first-order valence-corrected chi connectivity index (χ1v) is 7.32. The molecule has 0 spiro atoms. The molecule has 3 heterocycles. The van der Waals surface area contributed by atoms with E-state index in [1.165, 1.54) is 0 Å². The van der Waals surface area contributed by atoms with Gasteiger partial charge in [-0.3, -0.25) is 4.79 Å². The average molecular weight is 322 g/mol. The van der Waals surface area contributed by atoms with E-state index in [0.29, 0.717) is 37.9 Å². The van der Waals surface area contributed by atoms with E-state index in [0.717, 1.165) is 5.69 Å². The lowest BCUT2D eigenvalue weighted by Gasteiger charge is -2.19. The van der Waals surface area contributed by atoms with E-state index in [1.807, 2.05) is 6.07 Å². The Balaban J connectivity index is 1.52. The lowest BCUT2D eigenvalue weighted by Crippen LogP contribution is -2.42. The quantitative estimate of drug-likeness (QED) is 0.591. The summed E-state index contributed by atoms with van der Waals surface area (Å²) in [5, 5.41) is 17.1. The van der Waals surface area contributed by atoms with Crippen molar-refractivity contribution in [2.24, 2.45) is 5.92 Å². The van der Waals surface area contributed by atoms with E-state index in [9.17, 15) is 9.59 Å². The van der Waals surface area contributed by atoms with Crippen LogP contribution in [-0.4, -0.2) is 54.5 Å². The van der Waals surface area contributed by atoms with Crippen molar-refractivity contribution in [1.82, 2.24) is 15.6 Å². The van der Waals surface area contributed by atoms with Crippen molar-refractivity contribution in [1.29, 1.82) is 0 Å². The third kappa shape index (κ3) is 3.88. The molecule has 4 N–H and O–H groups in total. The van der Waals surface area contributed by atoms with Gasteiger partial charge in [0.25, 0.3) is 5.91 Å². The number of rotatable bonds is 5. The first kappa shape index (κ1) is 15.5. The number of pyridine rings is 1. The predicted molar refractivity (Wildman–Crippen MR) is 79.3 cm³/mol. The number of carbonyl (C=O) groups is 2. The van der Waals surface area contributed by atoms with Gasteiger partial charge in [0, 0.05) is 19.0 Å². The maximum Gasteiger partial charge on any atom is 0.404 e. The van der Waals surface area contributed by atoms with Crippen LogP contribution >= 0.6 is 0 Å². The summed E-state index contributed by atoms with van der Waals surface area (Å²) in [6.45, 7) is 2.01. The standard InChI is InChI=1S/C14H18N4O5/c19-12-7-23-11-2-1-9(16-13(11)18-12)4-15-3-8-5-22-6-10(8)17-14(20)21/h1-2,8,10,15,17H,3-7H2,(H,20,21)(H,16,18,19). The summed E-state index contributed by atoms with van der Waals surface area (Å²) in [6.07, 6.45) is -1.04. The van der Waals surface area contributed by atoms with Gasteiger partial charge in [0.1, 0.15) is 0 Å². The van der Waals surface area contributed by atoms with Crippen LogP contribution in [0, 0.1) is 5.92 Å². The number of hydrogen-bond acceptors (Lipinski definition) is 6. The zero-order valence-corrected chi connectivity index (χ0v) is 12.4. The van der Waals surface area contributed by atoms with Gasteiger partial charge in [0.15, 0.2) is 18.2 Å². The van der Waals surface area contributed by atoms with E-state index in [4.69, 9.17) is 14.6 Å². The van der Waals surface area contributed by atoms with Crippen LogP contribution in [0.3, 0.4) is 0 Å². The van der Waals surface area contributed by atoms with Gasteiger partial charge in [-0.1, -0.05) is 0 Å². The minimum atomic E-state index is -1.04. The van der Waals surface area contributed by atoms with Crippen LogP contribution in [-0.2, 0) is 16.1 Å². The summed E-state index contributed by atoms with van der Waals surface area (Å²) < 4.78 is 10.6. The summed E-state index contributed by atoms with van der Waals surface area (Å²) in [5.74, 6) is 0.839. The maximum atomic E-state index is 11.3. The van der Waals surface area contributed by atoms with Crippen molar-refractivity contribution in [2.75, 3.05) is 31.7 Å². The number of carbonyl (C=O) groups excluding carboxylic acids is 1. The Morgan fingerprint density at radius 3 is 3.13 bits per heavy atom. The summed E-state index contributed by atoms with van der Waals surface area (Å²) in [7, 11) is 0. The second kappa shape index (κ2) is 6.80. The Morgan fingerprint density at radius 2 is 2.30 bits per heavy atom. The molecule has 3 rings (SSSR count). The molecule has 9 heteroatoms. The van der Waals surface area contributed by atoms with Crippen molar-refractivity contribution in [2.45, 2.75) is 12.6 Å². The molecule has 2 atom stereocenters. The lowest BCUT2D eigenvalue weighted by molar-refractivity contribution is -0.118. The molecular weight excluding hydrogens is 304 g/mol. The van der Waals surface area contributed by atoms with Gasteiger partial charge in [-0.25, -0.2) is 9.78 Å². The first-order valence-electron chi connectivity index (χ1n) is 7.32. The molecule has 23 heavy (non-hydrogen) atoms. The number of ether oxygens (including phenoxy) is 2. The van der Waals surface area contributed by atoms with Crippen LogP contribution in [0.25, 0.3) is 0 Å². The summed E-state index contributed by atoms with van der Waals surface area (Å²) in [4.78, 5) is 26.3. The zero-order valence-electron chi connectivity index (χ0n) is 12.4. The molecule has 0 saturated carbocycles. The monoisotopic (exact) mass is 322 g/mol. The fourth-order valence-corrected chi connectivity index (χ4v) is 2.61. The number of nitrogens with one attached hydrogen (secondary N) is 3. The molecule has 1 aromatic heterocycles. The van der Waals surface area contributed by atoms with Gasteiger partial charge in [0.05, 0.1) is 24.9 Å². The summed E-state index contributed by atoms with van der Waals surface area (Å²) >= 11 is 0. The van der Waals surface area contributed by atoms with Crippen LogP contribution in [0.1, 0.15) is 5.69 Å². The number of hydrogen-bond donors (Lipinski definition) is 4. The highest BCUT2D eigenvalue weighted by Crippen LogP contribution is 2.25. The Morgan fingerprint density at radius 1 is 1.43 bits per heavy atom. The number of nitrogens with zero attached hydrogens (tertiary/aromatic N) is 1. The van der Waals surface area contributed by atoms with Crippen molar-refractivity contribution in [3.05, 3.63) is 17.8 Å². The second-order valence-electron chi connectivity index (χ2n) is 5.47. The molecule has 2 aliphatic rings. The lowest BCUT2D eigenvalue weighted by atomic mass is 10.0. The Bertz CT molecular complexity index is 609. The number of carboxylic acid groups (broad SMARTS) is 1. The minimum absolute atomic E-state index is 0.00588. The van der Waals surface area contributed by atoms with Gasteiger partial charge in [0.2, 0.25) is 0 Å². The average Bonchev–Trinajstić information content (AvgIpc) is 2.93. The van der Waals surface area contributed by atoms with Crippen LogP contribution in [0.5, 0.6) is 5.75 Å². The van der Waals surface area contributed by atoms with E-state index < -0.39 is 6.09 Å². The highest BCUT2D eigenvalue weighted by atomic mass is 16.5. The predicted octanol–water partition coefficient (Wildman–Crippen LogP) is -0.215. The number of anilines is 1. The van der Waals surface area contributed by atoms with Crippen molar-refractivity contribution in [3.8, 4) is 5.75 Å². The topological polar surface area (TPSA) is 122 Å².